The lowest BCUT2D eigenvalue weighted by Gasteiger charge is -2.52. The molecule has 2 fully saturated rings. The van der Waals surface area contributed by atoms with Crippen molar-refractivity contribution < 1.29 is 0 Å². The van der Waals surface area contributed by atoms with Gasteiger partial charge in [0.15, 0.2) is 0 Å². The van der Waals surface area contributed by atoms with Crippen LogP contribution in [0.1, 0.15) is 52.9 Å². The van der Waals surface area contributed by atoms with Gasteiger partial charge < -0.3 is 5.73 Å². The Hall–Kier alpha value is 0.270. The average Bonchev–Trinajstić information content (AvgIpc) is 2.37. The standard InChI is InChI=1S/C15H30N2S/c1-4-13-6-5-7-15(10-13,11-16)17-8-9-18-14(2,3)12-17/h13H,4-12,16H2,1-3H3. The lowest BCUT2D eigenvalue weighted by atomic mass is 9.73. The summed E-state index contributed by atoms with van der Waals surface area (Å²) in [4.78, 5) is 2.74. The molecule has 106 valence electrons. The highest BCUT2D eigenvalue weighted by Crippen LogP contribution is 2.41. The highest BCUT2D eigenvalue weighted by Gasteiger charge is 2.43. The van der Waals surface area contributed by atoms with Crippen LogP contribution < -0.4 is 5.73 Å². The minimum atomic E-state index is 0.317. The number of nitrogens with two attached hydrogens (primary N) is 1. The molecule has 2 N–H and O–H groups in total. The predicted octanol–water partition coefficient (Wildman–Crippen LogP) is 3.11. The molecule has 1 saturated heterocycles. The Labute approximate surface area is 117 Å². The molecule has 1 heterocycles. The predicted molar refractivity (Wildman–Crippen MR) is 82.1 cm³/mol. The second-order valence-corrected chi connectivity index (χ2v) is 8.63. The van der Waals surface area contributed by atoms with Crippen LogP contribution in [0.25, 0.3) is 0 Å². The van der Waals surface area contributed by atoms with E-state index in [9.17, 15) is 0 Å². The summed E-state index contributed by atoms with van der Waals surface area (Å²) in [5, 5.41) is 0. The first-order valence-corrected chi connectivity index (χ1v) is 8.59. The van der Waals surface area contributed by atoms with Crippen LogP contribution in [0.15, 0.2) is 0 Å². The zero-order valence-corrected chi connectivity index (χ0v) is 13.2. The maximum absolute atomic E-state index is 6.23. The number of nitrogens with zero attached hydrogens (tertiary/aromatic N) is 1. The molecular weight excluding hydrogens is 240 g/mol. The Bertz CT molecular complexity index is 280. The molecule has 2 atom stereocenters. The third-order valence-electron chi connectivity index (χ3n) is 4.98. The molecule has 1 saturated carbocycles. The smallest absolute Gasteiger partial charge is 0.0335 e. The monoisotopic (exact) mass is 270 g/mol. The van der Waals surface area contributed by atoms with Crippen molar-refractivity contribution in [3.05, 3.63) is 0 Å². The second kappa shape index (κ2) is 5.72. The lowest BCUT2D eigenvalue weighted by Crippen LogP contribution is -2.61. The van der Waals surface area contributed by atoms with E-state index in [2.05, 4.69) is 37.4 Å². The molecule has 2 rings (SSSR count). The molecule has 2 unspecified atom stereocenters. The van der Waals surface area contributed by atoms with E-state index in [0.717, 1.165) is 12.5 Å². The zero-order chi connectivity index (χ0) is 13.2. The third-order valence-corrected chi connectivity index (χ3v) is 6.27. The molecule has 0 aromatic rings. The van der Waals surface area contributed by atoms with Crippen LogP contribution in [0.2, 0.25) is 0 Å². The van der Waals surface area contributed by atoms with Gasteiger partial charge >= 0.3 is 0 Å². The summed E-state index contributed by atoms with van der Waals surface area (Å²) >= 11 is 2.12. The number of hydrogen-bond donors (Lipinski definition) is 1. The molecule has 0 amide bonds. The second-order valence-electron chi connectivity index (χ2n) is 6.83. The van der Waals surface area contributed by atoms with E-state index in [4.69, 9.17) is 5.73 Å². The summed E-state index contributed by atoms with van der Waals surface area (Å²) in [5.74, 6) is 2.17. The maximum Gasteiger partial charge on any atom is 0.0335 e. The van der Waals surface area contributed by atoms with E-state index < -0.39 is 0 Å². The lowest BCUT2D eigenvalue weighted by molar-refractivity contribution is 0.0313. The van der Waals surface area contributed by atoms with E-state index in [0.29, 0.717) is 10.3 Å². The highest BCUT2D eigenvalue weighted by molar-refractivity contribution is 8.00. The van der Waals surface area contributed by atoms with Crippen LogP contribution in [0.4, 0.5) is 0 Å². The molecule has 2 nitrogen and oxygen atoms in total. The Morgan fingerprint density at radius 1 is 1.39 bits per heavy atom. The fraction of sp³-hybridized carbons (Fsp3) is 1.00. The first kappa shape index (κ1) is 14.7. The SMILES string of the molecule is CCC1CCCC(CN)(N2CCSC(C)(C)C2)C1. The van der Waals surface area contributed by atoms with Crippen LogP contribution in [0.5, 0.6) is 0 Å². The number of hydrogen-bond acceptors (Lipinski definition) is 3. The quantitative estimate of drug-likeness (QED) is 0.854. The fourth-order valence-corrected chi connectivity index (χ4v) is 4.94. The van der Waals surface area contributed by atoms with Gasteiger partial charge in [-0.2, -0.15) is 11.8 Å². The van der Waals surface area contributed by atoms with Crippen molar-refractivity contribution in [3.8, 4) is 0 Å². The summed E-state index contributed by atoms with van der Waals surface area (Å²) in [5.41, 5.74) is 6.54. The summed E-state index contributed by atoms with van der Waals surface area (Å²) < 4.78 is 0.402. The first-order valence-electron chi connectivity index (χ1n) is 7.60. The minimum Gasteiger partial charge on any atom is -0.329 e. The fourth-order valence-electron chi connectivity index (χ4n) is 3.83. The Morgan fingerprint density at radius 2 is 2.17 bits per heavy atom. The van der Waals surface area contributed by atoms with Crippen molar-refractivity contribution in [3.63, 3.8) is 0 Å². The van der Waals surface area contributed by atoms with Gasteiger partial charge in [-0.3, -0.25) is 4.90 Å². The van der Waals surface area contributed by atoms with Crippen LogP contribution in [0.3, 0.4) is 0 Å². The summed E-state index contributed by atoms with van der Waals surface area (Å²) in [6.45, 7) is 10.4. The van der Waals surface area contributed by atoms with Crippen LogP contribution >= 0.6 is 11.8 Å². The van der Waals surface area contributed by atoms with Gasteiger partial charge in [0.2, 0.25) is 0 Å². The van der Waals surface area contributed by atoms with Gasteiger partial charge in [-0.05, 0) is 32.6 Å². The van der Waals surface area contributed by atoms with Gasteiger partial charge in [0.25, 0.3) is 0 Å². The van der Waals surface area contributed by atoms with Crippen LogP contribution in [0, 0.1) is 5.92 Å². The number of thioether (sulfide) groups is 1. The van der Waals surface area contributed by atoms with Gasteiger partial charge in [-0.1, -0.05) is 26.2 Å². The maximum atomic E-state index is 6.23. The van der Waals surface area contributed by atoms with E-state index >= 15 is 0 Å². The van der Waals surface area contributed by atoms with Gasteiger partial charge in [0.1, 0.15) is 0 Å². The van der Waals surface area contributed by atoms with Gasteiger partial charge in [0.05, 0.1) is 0 Å². The summed E-state index contributed by atoms with van der Waals surface area (Å²) in [6, 6.07) is 0. The van der Waals surface area contributed by atoms with Crippen molar-refractivity contribution in [2.24, 2.45) is 11.7 Å². The van der Waals surface area contributed by atoms with E-state index in [-0.39, 0.29) is 0 Å². The van der Waals surface area contributed by atoms with Crippen molar-refractivity contribution in [2.75, 3.05) is 25.4 Å². The van der Waals surface area contributed by atoms with Crippen molar-refractivity contribution >= 4 is 11.8 Å². The molecule has 0 radical (unpaired) electrons. The van der Waals surface area contributed by atoms with Crippen molar-refractivity contribution in [2.45, 2.75) is 63.2 Å². The molecule has 0 aromatic carbocycles. The average molecular weight is 270 g/mol. The molecule has 0 spiro atoms. The van der Waals surface area contributed by atoms with Crippen molar-refractivity contribution in [1.82, 2.24) is 4.90 Å². The molecule has 3 heteroatoms. The molecule has 18 heavy (non-hydrogen) atoms. The largest absolute Gasteiger partial charge is 0.329 e. The van der Waals surface area contributed by atoms with Crippen LogP contribution in [-0.2, 0) is 0 Å². The minimum absolute atomic E-state index is 0.317. The van der Waals surface area contributed by atoms with E-state index in [1.165, 1.54) is 50.9 Å². The normalized spacial score (nSPS) is 37.7. The molecule has 1 aliphatic carbocycles. The first-order chi connectivity index (χ1) is 8.51. The number of rotatable bonds is 3. The third kappa shape index (κ3) is 3.05. The van der Waals surface area contributed by atoms with E-state index in [1.807, 2.05) is 0 Å². The highest BCUT2D eigenvalue weighted by atomic mass is 32.2. The Kier molecular flexibility index (Phi) is 4.66. The Morgan fingerprint density at radius 3 is 2.78 bits per heavy atom. The summed E-state index contributed by atoms with van der Waals surface area (Å²) in [6.07, 6.45) is 6.78. The van der Waals surface area contributed by atoms with Gasteiger partial charge in [-0.25, -0.2) is 0 Å². The topological polar surface area (TPSA) is 29.3 Å². The molecule has 1 aliphatic heterocycles. The summed E-state index contributed by atoms with van der Waals surface area (Å²) in [7, 11) is 0. The van der Waals surface area contributed by atoms with Gasteiger partial charge in [-0.15, -0.1) is 0 Å². The molecule has 2 aliphatic rings. The Balaban J connectivity index is 2.11. The van der Waals surface area contributed by atoms with E-state index in [1.54, 1.807) is 0 Å². The van der Waals surface area contributed by atoms with Gasteiger partial charge in [0, 0.05) is 35.7 Å². The molecular formula is C15H30N2S. The zero-order valence-electron chi connectivity index (χ0n) is 12.4. The molecule has 0 aromatic heterocycles. The van der Waals surface area contributed by atoms with Crippen molar-refractivity contribution in [1.29, 1.82) is 0 Å². The molecule has 0 bridgehead atoms. The van der Waals surface area contributed by atoms with Crippen LogP contribution in [-0.4, -0.2) is 40.6 Å².